The van der Waals surface area contributed by atoms with Gasteiger partial charge in [-0.05, 0) is 24.3 Å². The standard InChI is InChI=1S/C21H29N5O4S/c1-22-16-4-2-3-5-17(16)24-12-14-6-7-15(31-14)13-25-20(29)18(27)19(28)21(30)26-10-8-23-9-11-26/h2-7,18-19,22-24,27-28H,8-13H2,1H3,(H,25,29)/t18-,19-/m1/s1. The summed E-state index contributed by atoms with van der Waals surface area (Å²) in [6, 6.07) is 11.8. The first kappa shape index (κ1) is 23.0. The third kappa shape index (κ3) is 6.17. The highest BCUT2D eigenvalue weighted by Crippen LogP contribution is 2.23. The summed E-state index contributed by atoms with van der Waals surface area (Å²) < 4.78 is 0. The summed E-state index contributed by atoms with van der Waals surface area (Å²) in [7, 11) is 1.87. The van der Waals surface area contributed by atoms with E-state index < -0.39 is 24.0 Å². The van der Waals surface area contributed by atoms with E-state index in [9.17, 15) is 19.8 Å². The van der Waals surface area contributed by atoms with Gasteiger partial charge in [0.25, 0.3) is 11.8 Å². The van der Waals surface area contributed by atoms with E-state index in [-0.39, 0.29) is 6.54 Å². The van der Waals surface area contributed by atoms with Crippen LogP contribution in [-0.2, 0) is 22.7 Å². The molecule has 1 aliphatic heterocycles. The first-order chi connectivity index (χ1) is 15.0. The number of benzene rings is 1. The zero-order valence-electron chi connectivity index (χ0n) is 17.4. The average molecular weight is 448 g/mol. The molecule has 31 heavy (non-hydrogen) atoms. The number of piperazine rings is 1. The van der Waals surface area contributed by atoms with Crippen LogP contribution >= 0.6 is 11.3 Å². The predicted molar refractivity (Wildman–Crippen MR) is 121 cm³/mol. The number of hydrogen-bond donors (Lipinski definition) is 6. The zero-order chi connectivity index (χ0) is 22.2. The molecular formula is C21H29N5O4S. The number of carbonyl (C=O) groups excluding carboxylic acids is 2. The Labute approximate surface area is 185 Å². The molecule has 1 saturated heterocycles. The fourth-order valence-corrected chi connectivity index (χ4v) is 4.18. The summed E-state index contributed by atoms with van der Waals surface area (Å²) in [5.41, 5.74) is 2.01. The highest BCUT2D eigenvalue weighted by atomic mass is 32.1. The van der Waals surface area contributed by atoms with Crippen LogP contribution in [0, 0.1) is 0 Å². The zero-order valence-corrected chi connectivity index (χ0v) is 18.2. The van der Waals surface area contributed by atoms with E-state index in [2.05, 4.69) is 21.3 Å². The number of carbonyl (C=O) groups is 2. The fraction of sp³-hybridized carbons (Fsp3) is 0.429. The molecule has 0 saturated carbocycles. The highest BCUT2D eigenvalue weighted by Gasteiger charge is 2.33. The van der Waals surface area contributed by atoms with Gasteiger partial charge >= 0.3 is 0 Å². The summed E-state index contributed by atoms with van der Waals surface area (Å²) in [6.45, 7) is 2.97. The second-order valence-corrected chi connectivity index (χ2v) is 8.45. The second-order valence-electron chi connectivity index (χ2n) is 7.20. The first-order valence-corrected chi connectivity index (χ1v) is 11.0. The molecule has 2 atom stereocenters. The molecule has 168 valence electrons. The summed E-state index contributed by atoms with van der Waals surface area (Å²) in [5.74, 6) is -1.40. The normalized spacial score (nSPS) is 15.8. The summed E-state index contributed by atoms with van der Waals surface area (Å²) in [6.07, 6.45) is -3.57. The fourth-order valence-electron chi connectivity index (χ4n) is 3.28. The minimum atomic E-state index is -1.80. The van der Waals surface area contributed by atoms with E-state index in [1.54, 1.807) is 0 Å². The Bertz CT molecular complexity index is 884. The Morgan fingerprint density at radius 2 is 1.68 bits per heavy atom. The van der Waals surface area contributed by atoms with Crippen molar-refractivity contribution < 1.29 is 19.8 Å². The molecule has 1 fully saturated rings. The molecule has 2 aromatic rings. The van der Waals surface area contributed by atoms with Crippen molar-refractivity contribution in [3.8, 4) is 0 Å². The van der Waals surface area contributed by atoms with Crippen molar-refractivity contribution in [3.05, 3.63) is 46.2 Å². The predicted octanol–water partition coefficient (Wildman–Crippen LogP) is 0.172. The number of hydrogen-bond acceptors (Lipinski definition) is 8. The molecule has 3 rings (SSSR count). The van der Waals surface area contributed by atoms with E-state index in [1.165, 1.54) is 16.2 Å². The van der Waals surface area contributed by atoms with Crippen LogP contribution in [0.1, 0.15) is 9.75 Å². The Balaban J connectivity index is 1.46. The largest absolute Gasteiger partial charge is 0.386 e. The molecule has 0 aliphatic carbocycles. The molecule has 0 bridgehead atoms. The molecule has 10 heteroatoms. The van der Waals surface area contributed by atoms with Gasteiger partial charge in [-0.2, -0.15) is 0 Å². The first-order valence-electron chi connectivity index (χ1n) is 10.2. The van der Waals surface area contributed by atoms with Gasteiger partial charge in [-0.15, -0.1) is 11.3 Å². The van der Waals surface area contributed by atoms with Gasteiger partial charge in [-0.3, -0.25) is 9.59 Å². The SMILES string of the molecule is CNc1ccccc1NCc1ccc(CNC(=O)[C@H](O)[C@@H](O)C(=O)N2CCNCC2)s1. The Morgan fingerprint density at radius 1 is 1.03 bits per heavy atom. The van der Waals surface area contributed by atoms with Crippen LogP contribution < -0.4 is 21.3 Å². The maximum Gasteiger partial charge on any atom is 0.254 e. The summed E-state index contributed by atoms with van der Waals surface area (Å²) in [4.78, 5) is 27.9. The van der Waals surface area contributed by atoms with Crippen molar-refractivity contribution in [1.29, 1.82) is 0 Å². The number of anilines is 2. The van der Waals surface area contributed by atoms with Crippen molar-refractivity contribution in [2.75, 3.05) is 43.9 Å². The maximum atomic E-state index is 12.3. The molecule has 0 unspecified atom stereocenters. The van der Waals surface area contributed by atoms with Gasteiger partial charge in [0.1, 0.15) is 0 Å². The van der Waals surface area contributed by atoms with Crippen LogP contribution in [0.3, 0.4) is 0 Å². The molecule has 1 aromatic carbocycles. The maximum absolute atomic E-state index is 12.3. The van der Waals surface area contributed by atoms with Crippen molar-refractivity contribution >= 4 is 34.5 Å². The molecule has 9 nitrogen and oxygen atoms in total. The van der Waals surface area contributed by atoms with Crippen LogP contribution in [0.5, 0.6) is 0 Å². The molecular weight excluding hydrogens is 418 g/mol. The van der Waals surface area contributed by atoms with Crippen molar-refractivity contribution in [1.82, 2.24) is 15.5 Å². The second kappa shape index (κ2) is 11.1. The summed E-state index contributed by atoms with van der Waals surface area (Å²) in [5, 5.41) is 32.4. The van der Waals surface area contributed by atoms with E-state index in [0.29, 0.717) is 32.7 Å². The van der Waals surface area contributed by atoms with Gasteiger partial charge in [0.05, 0.1) is 17.9 Å². The third-order valence-electron chi connectivity index (χ3n) is 5.05. The van der Waals surface area contributed by atoms with E-state index in [0.717, 1.165) is 21.1 Å². The lowest BCUT2D eigenvalue weighted by Crippen LogP contribution is -2.54. The van der Waals surface area contributed by atoms with Crippen LogP contribution in [0.4, 0.5) is 11.4 Å². The van der Waals surface area contributed by atoms with Crippen LogP contribution in [0.2, 0.25) is 0 Å². The molecule has 2 amide bonds. The van der Waals surface area contributed by atoms with Crippen molar-refractivity contribution in [2.45, 2.75) is 25.3 Å². The minimum Gasteiger partial charge on any atom is -0.386 e. The Morgan fingerprint density at radius 3 is 2.35 bits per heavy atom. The van der Waals surface area contributed by atoms with Crippen LogP contribution in [0.25, 0.3) is 0 Å². The van der Waals surface area contributed by atoms with Gasteiger partial charge in [0, 0.05) is 49.5 Å². The van der Waals surface area contributed by atoms with Gasteiger partial charge in [0.2, 0.25) is 0 Å². The van der Waals surface area contributed by atoms with E-state index in [4.69, 9.17) is 0 Å². The number of nitrogens with zero attached hydrogens (tertiary/aromatic N) is 1. The highest BCUT2D eigenvalue weighted by molar-refractivity contribution is 7.12. The molecule has 0 radical (unpaired) electrons. The van der Waals surface area contributed by atoms with Crippen LogP contribution in [0.15, 0.2) is 36.4 Å². The lowest BCUT2D eigenvalue weighted by molar-refractivity contribution is -0.153. The average Bonchev–Trinajstić information content (AvgIpc) is 3.28. The molecule has 6 N–H and O–H groups in total. The topological polar surface area (TPSA) is 126 Å². The Hall–Kier alpha value is -2.66. The molecule has 1 aliphatic rings. The number of aliphatic hydroxyl groups excluding tert-OH is 2. The molecule has 2 heterocycles. The Kier molecular flexibility index (Phi) is 8.24. The lowest BCUT2D eigenvalue weighted by Gasteiger charge is -2.30. The quantitative estimate of drug-likeness (QED) is 0.324. The van der Waals surface area contributed by atoms with E-state index in [1.807, 2.05) is 43.4 Å². The van der Waals surface area contributed by atoms with Gasteiger partial charge < -0.3 is 36.4 Å². The van der Waals surface area contributed by atoms with Crippen molar-refractivity contribution in [2.24, 2.45) is 0 Å². The smallest absolute Gasteiger partial charge is 0.254 e. The monoisotopic (exact) mass is 447 g/mol. The minimum absolute atomic E-state index is 0.211. The van der Waals surface area contributed by atoms with Crippen molar-refractivity contribution in [3.63, 3.8) is 0 Å². The number of nitrogens with one attached hydrogen (secondary N) is 4. The summed E-state index contributed by atoms with van der Waals surface area (Å²) >= 11 is 1.53. The van der Waals surface area contributed by atoms with E-state index >= 15 is 0 Å². The lowest BCUT2D eigenvalue weighted by atomic mass is 10.1. The number of thiophene rings is 1. The number of para-hydroxylation sites is 2. The van der Waals surface area contributed by atoms with Gasteiger partial charge in [-0.25, -0.2) is 0 Å². The number of amides is 2. The molecule has 0 spiro atoms. The third-order valence-corrected chi connectivity index (χ3v) is 6.14. The van der Waals surface area contributed by atoms with Gasteiger partial charge in [-0.1, -0.05) is 12.1 Å². The number of aliphatic hydroxyl groups is 2. The molecule has 1 aromatic heterocycles. The van der Waals surface area contributed by atoms with Gasteiger partial charge in [0.15, 0.2) is 12.2 Å². The van der Waals surface area contributed by atoms with Crippen LogP contribution in [-0.4, -0.2) is 72.4 Å². The number of rotatable bonds is 9.